The molecule has 9 nitrogen and oxygen atoms in total. The molecule has 1 aromatic heterocycles. The van der Waals surface area contributed by atoms with Crippen molar-refractivity contribution in [1.29, 1.82) is 0 Å². The van der Waals surface area contributed by atoms with Gasteiger partial charge in [-0.05, 0) is 44.5 Å². The van der Waals surface area contributed by atoms with Gasteiger partial charge in [0.15, 0.2) is 12.7 Å². The fourth-order valence-corrected chi connectivity index (χ4v) is 4.00. The van der Waals surface area contributed by atoms with E-state index in [1.165, 1.54) is 16.5 Å². The van der Waals surface area contributed by atoms with Crippen molar-refractivity contribution >= 4 is 29.5 Å². The average molecular weight is 489 g/mol. The van der Waals surface area contributed by atoms with Gasteiger partial charge in [-0.25, -0.2) is 4.79 Å². The lowest BCUT2D eigenvalue weighted by Crippen LogP contribution is -2.50. The highest BCUT2D eigenvalue weighted by Gasteiger charge is 2.32. The van der Waals surface area contributed by atoms with Crippen molar-refractivity contribution in [3.63, 3.8) is 0 Å². The Morgan fingerprint density at radius 3 is 2.56 bits per heavy atom. The molecule has 9 heteroatoms. The van der Waals surface area contributed by atoms with E-state index in [9.17, 15) is 14.4 Å². The Bertz CT molecular complexity index is 1330. The molecule has 2 amide bonds. The molecule has 1 aliphatic rings. The molecule has 3 aromatic rings. The SMILES string of the molecule is Cc1ccc(Cn2nc(C)c(/C=C/C(=O)OCC(=O)N3CC(C(N)=O)Oc4ccccc43)c2C)cc1. The molecular weight excluding hydrogens is 460 g/mol. The summed E-state index contributed by atoms with van der Waals surface area (Å²) in [6.45, 7) is 5.92. The highest BCUT2D eigenvalue weighted by atomic mass is 16.5. The first-order valence-electron chi connectivity index (χ1n) is 11.5. The molecule has 0 bridgehead atoms. The summed E-state index contributed by atoms with van der Waals surface area (Å²) in [5.41, 5.74) is 10.7. The molecule has 0 spiro atoms. The number of rotatable bonds is 7. The maximum Gasteiger partial charge on any atom is 0.331 e. The number of primary amides is 1. The van der Waals surface area contributed by atoms with Gasteiger partial charge in [0.25, 0.3) is 11.8 Å². The van der Waals surface area contributed by atoms with Crippen LogP contribution in [0.15, 0.2) is 54.6 Å². The van der Waals surface area contributed by atoms with Crippen LogP contribution < -0.4 is 15.4 Å². The van der Waals surface area contributed by atoms with Gasteiger partial charge in [-0.2, -0.15) is 5.10 Å². The predicted octanol–water partition coefficient (Wildman–Crippen LogP) is 2.69. The topological polar surface area (TPSA) is 117 Å². The summed E-state index contributed by atoms with van der Waals surface area (Å²) >= 11 is 0. The van der Waals surface area contributed by atoms with E-state index < -0.39 is 30.5 Å². The number of aryl methyl sites for hydroxylation is 2. The second kappa shape index (κ2) is 10.5. The molecule has 0 aliphatic carbocycles. The van der Waals surface area contributed by atoms with E-state index in [-0.39, 0.29) is 6.54 Å². The molecule has 0 saturated heterocycles. The lowest BCUT2D eigenvalue weighted by atomic mass is 10.1. The number of hydrogen-bond donors (Lipinski definition) is 1. The largest absolute Gasteiger partial charge is 0.477 e. The Morgan fingerprint density at radius 1 is 1.11 bits per heavy atom. The maximum absolute atomic E-state index is 12.8. The van der Waals surface area contributed by atoms with Gasteiger partial charge in [-0.1, -0.05) is 42.0 Å². The molecule has 1 aliphatic heterocycles. The zero-order valence-corrected chi connectivity index (χ0v) is 20.4. The highest BCUT2D eigenvalue weighted by Crippen LogP contribution is 2.33. The minimum absolute atomic E-state index is 0.0584. The second-order valence-electron chi connectivity index (χ2n) is 8.65. The van der Waals surface area contributed by atoms with E-state index in [0.717, 1.165) is 22.5 Å². The van der Waals surface area contributed by atoms with Crippen molar-refractivity contribution in [1.82, 2.24) is 9.78 Å². The number of para-hydroxylation sites is 2. The van der Waals surface area contributed by atoms with Crippen LogP contribution in [0.4, 0.5) is 5.69 Å². The zero-order chi connectivity index (χ0) is 25.8. The standard InChI is InChI=1S/C27H28N4O5/c1-17-8-10-20(11-9-17)14-31-19(3)21(18(2)29-31)12-13-26(33)35-16-25(32)30-15-24(27(28)34)36-23-7-5-4-6-22(23)30/h4-13,24H,14-16H2,1-3H3,(H2,28,34)/b13-12+. The molecule has 2 N–H and O–H groups in total. The first kappa shape index (κ1) is 24.7. The normalized spacial score (nSPS) is 14.9. The molecule has 1 atom stereocenters. The van der Waals surface area contributed by atoms with E-state index in [0.29, 0.717) is 18.0 Å². The quantitative estimate of drug-likeness (QED) is 0.404. The van der Waals surface area contributed by atoms with E-state index in [2.05, 4.69) is 29.4 Å². The number of aromatic nitrogens is 2. The molecule has 0 radical (unpaired) electrons. The van der Waals surface area contributed by atoms with Crippen LogP contribution in [0, 0.1) is 20.8 Å². The van der Waals surface area contributed by atoms with E-state index in [1.807, 2.05) is 25.5 Å². The Hall–Kier alpha value is -4.40. The number of ether oxygens (including phenoxy) is 2. The molecule has 36 heavy (non-hydrogen) atoms. The first-order valence-corrected chi connectivity index (χ1v) is 11.5. The lowest BCUT2D eigenvalue weighted by molar-refractivity contribution is -0.143. The molecule has 186 valence electrons. The highest BCUT2D eigenvalue weighted by molar-refractivity contribution is 5.99. The second-order valence-corrected chi connectivity index (χ2v) is 8.65. The Labute approximate surface area is 209 Å². The summed E-state index contributed by atoms with van der Waals surface area (Å²) in [5.74, 6) is -1.48. The van der Waals surface area contributed by atoms with Gasteiger partial charge in [0.2, 0.25) is 0 Å². The van der Waals surface area contributed by atoms with Crippen molar-refractivity contribution in [3.8, 4) is 5.75 Å². The number of amides is 2. The van der Waals surface area contributed by atoms with Crippen molar-refractivity contribution < 1.29 is 23.9 Å². The number of nitrogens with two attached hydrogens (primary N) is 1. The number of hydrogen-bond acceptors (Lipinski definition) is 6. The van der Waals surface area contributed by atoms with Crippen molar-refractivity contribution in [3.05, 3.63) is 82.7 Å². The van der Waals surface area contributed by atoms with Crippen molar-refractivity contribution in [2.24, 2.45) is 5.73 Å². The molecule has 2 aromatic carbocycles. The van der Waals surface area contributed by atoms with E-state index in [4.69, 9.17) is 15.2 Å². The summed E-state index contributed by atoms with van der Waals surface area (Å²) in [4.78, 5) is 38.2. The predicted molar refractivity (Wildman–Crippen MR) is 134 cm³/mol. The number of anilines is 1. The van der Waals surface area contributed by atoms with Crippen molar-refractivity contribution in [2.75, 3.05) is 18.1 Å². The van der Waals surface area contributed by atoms with Gasteiger partial charge in [0.05, 0.1) is 24.5 Å². The Balaban J connectivity index is 1.39. The van der Waals surface area contributed by atoms with Crippen LogP contribution in [-0.4, -0.2) is 46.8 Å². The summed E-state index contributed by atoms with van der Waals surface area (Å²) in [5, 5.41) is 4.59. The van der Waals surface area contributed by atoms with Crippen LogP contribution in [0.25, 0.3) is 6.08 Å². The molecule has 0 fully saturated rings. The number of carbonyl (C=O) groups is 3. The molecule has 4 rings (SSSR count). The zero-order valence-electron chi connectivity index (χ0n) is 20.4. The number of fused-ring (bicyclic) bond motifs is 1. The monoisotopic (exact) mass is 488 g/mol. The summed E-state index contributed by atoms with van der Waals surface area (Å²) in [6.07, 6.45) is 1.94. The van der Waals surface area contributed by atoms with Crippen LogP contribution in [-0.2, 0) is 25.7 Å². The van der Waals surface area contributed by atoms with Crippen LogP contribution in [0.1, 0.15) is 28.1 Å². The molecular formula is C27H28N4O5. The van der Waals surface area contributed by atoms with Gasteiger partial charge in [-0.15, -0.1) is 0 Å². The number of nitrogens with zero attached hydrogens (tertiary/aromatic N) is 3. The fourth-order valence-electron chi connectivity index (χ4n) is 4.00. The smallest absolute Gasteiger partial charge is 0.331 e. The third-order valence-electron chi connectivity index (χ3n) is 6.01. The van der Waals surface area contributed by atoms with Crippen LogP contribution >= 0.6 is 0 Å². The van der Waals surface area contributed by atoms with Gasteiger partial charge in [-0.3, -0.25) is 14.3 Å². The fraction of sp³-hybridized carbons (Fsp3) is 0.259. The minimum atomic E-state index is -0.984. The van der Waals surface area contributed by atoms with Crippen LogP contribution in [0.3, 0.4) is 0 Å². The average Bonchev–Trinajstić information content (AvgIpc) is 3.13. The minimum Gasteiger partial charge on any atom is -0.477 e. The summed E-state index contributed by atoms with van der Waals surface area (Å²) < 4.78 is 12.6. The van der Waals surface area contributed by atoms with Crippen LogP contribution in [0.5, 0.6) is 5.75 Å². The van der Waals surface area contributed by atoms with Crippen molar-refractivity contribution in [2.45, 2.75) is 33.4 Å². The van der Waals surface area contributed by atoms with E-state index in [1.54, 1.807) is 30.3 Å². The van der Waals surface area contributed by atoms with Crippen LogP contribution in [0.2, 0.25) is 0 Å². The maximum atomic E-state index is 12.8. The third-order valence-corrected chi connectivity index (χ3v) is 6.01. The first-order chi connectivity index (χ1) is 17.2. The summed E-state index contributed by atoms with van der Waals surface area (Å²) in [6, 6.07) is 15.0. The van der Waals surface area contributed by atoms with E-state index >= 15 is 0 Å². The Kier molecular flexibility index (Phi) is 7.19. The number of esters is 1. The molecule has 1 unspecified atom stereocenters. The third kappa shape index (κ3) is 5.46. The van der Waals surface area contributed by atoms with Gasteiger partial charge < -0.3 is 20.1 Å². The van der Waals surface area contributed by atoms with Gasteiger partial charge in [0, 0.05) is 17.3 Å². The summed E-state index contributed by atoms with van der Waals surface area (Å²) in [7, 11) is 0. The molecule has 0 saturated carbocycles. The lowest BCUT2D eigenvalue weighted by Gasteiger charge is -2.33. The van der Waals surface area contributed by atoms with Gasteiger partial charge >= 0.3 is 5.97 Å². The molecule has 2 heterocycles. The number of carbonyl (C=O) groups excluding carboxylic acids is 3. The number of benzene rings is 2. The van der Waals surface area contributed by atoms with Gasteiger partial charge in [0.1, 0.15) is 5.75 Å². The Morgan fingerprint density at radius 2 is 1.83 bits per heavy atom.